The average molecular weight is 145 g/mol. The summed E-state index contributed by atoms with van der Waals surface area (Å²) in [6.07, 6.45) is 4.17. The molecule has 0 aliphatic heterocycles. The molecular formula is C10H11N. The third-order valence-corrected chi connectivity index (χ3v) is 2.08. The van der Waals surface area contributed by atoms with E-state index in [0.29, 0.717) is 0 Å². The minimum absolute atomic E-state index is 1.00. The van der Waals surface area contributed by atoms with Crippen LogP contribution in [0.15, 0.2) is 30.0 Å². The summed E-state index contributed by atoms with van der Waals surface area (Å²) in [6, 6.07) is 8.40. The summed E-state index contributed by atoms with van der Waals surface area (Å²) in [5, 5.41) is 0. The topological polar surface area (TPSA) is 26.0 Å². The van der Waals surface area contributed by atoms with Gasteiger partial charge in [-0.2, -0.15) is 0 Å². The monoisotopic (exact) mass is 145 g/mol. The molecule has 0 saturated heterocycles. The Morgan fingerprint density at radius 1 is 1.09 bits per heavy atom. The van der Waals surface area contributed by atoms with Gasteiger partial charge in [-0.3, -0.25) is 0 Å². The van der Waals surface area contributed by atoms with Crippen molar-refractivity contribution in [2.45, 2.75) is 12.8 Å². The van der Waals surface area contributed by atoms with E-state index >= 15 is 0 Å². The molecule has 1 aromatic carbocycles. The maximum absolute atomic E-state index is 5.71. The molecule has 1 heteroatoms. The smallest absolute Gasteiger partial charge is 0.00899 e. The van der Waals surface area contributed by atoms with Gasteiger partial charge in [0.05, 0.1) is 0 Å². The zero-order valence-electron chi connectivity index (χ0n) is 6.38. The number of rotatable bonds is 0. The van der Waals surface area contributed by atoms with E-state index < -0.39 is 0 Å². The molecule has 11 heavy (non-hydrogen) atoms. The number of hydrogen-bond acceptors (Lipinski definition) is 1. The van der Waals surface area contributed by atoms with Crippen molar-refractivity contribution >= 4 is 6.08 Å². The molecule has 2 rings (SSSR count). The Kier molecular flexibility index (Phi) is 1.42. The van der Waals surface area contributed by atoms with Crippen LogP contribution in [-0.4, -0.2) is 0 Å². The zero-order valence-corrected chi connectivity index (χ0v) is 6.38. The quantitative estimate of drug-likeness (QED) is 0.593. The van der Waals surface area contributed by atoms with Gasteiger partial charge in [0, 0.05) is 5.70 Å². The van der Waals surface area contributed by atoms with E-state index in [4.69, 9.17) is 5.73 Å². The summed E-state index contributed by atoms with van der Waals surface area (Å²) in [6.45, 7) is 0. The second kappa shape index (κ2) is 2.42. The first kappa shape index (κ1) is 6.47. The first-order chi connectivity index (χ1) is 5.36. The number of aryl methyl sites for hydroxylation is 1. The van der Waals surface area contributed by atoms with E-state index in [9.17, 15) is 0 Å². The molecule has 0 aromatic heterocycles. The van der Waals surface area contributed by atoms with E-state index in [2.05, 4.69) is 24.3 Å². The molecule has 0 saturated carbocycles. The Bertz CT molecular complexity index is 299. The Balaban J connectivity index is 2.51. The fraction of sp³-hybridized carbons (Fsp3) is 0.200. The van der Waals surface area contributed by atoms with Crippen LogP contribution >= 0.6 is 0 Å². The number of hydrogen-bond donors (Lipinski definition) is 1. The standard InChI is InChI=1S/C10H11N/c11-10-6-5-8-3-1-2-4-9(8)7-10/h1-4,7H,5-6,11H2. The van der Waals surface area contributed by atoms with E-state index in [0.717, 1.165) is 18.5 Å². The van der Waals surface area contributed by atoms with Gasteiger partial charge in [0.25, 0.3) is 0 Å². The van der Waals surface area contributed by atoms with Crippen LogP contribution in [0, 0.1) is 0 Å². The molecule has 2 N–H and O–H groups in total. The van der Waals surface area contributed by atoms with Crippen molar-refractivity contribution in [3.05, 3.63) is 41.1 Å². The van der Waals surface area contributed by atoms with Crippen LogP contribution in [0.4, 0.5) is 0 Å². The normalized spacial score (nSPS) is 15.5. The third kappa shape index (κ3) is 1.14. The number of benzene rings is 1. The van der Waals surface area contributed by atoms with Gasteiger partial charge in [0.2, 0.25) is 0 Å². The van der Waals surface area contributed by atoms with Gasteiger partial charge in [0.15, 0.2) is 0 Å². The second-order valence-electron chi connectivity index (χ2n) is 2.92. The Morgan fingerprint density at radius 2 is 1.91 bits per heavy atom. The molecule has 1 nitrogen and oxygen atoms in total. The van der Waals surface area contributed by atoms with Gasteiger partial charge in [0.1, 0.15) is 0 Å². The van der Waals surface area contributed by atoms with Crippen LogP contribution in [0.5, 0.6) is 0 Å². The Labute approximate surface area is 66.5 Å². The first-order valence-corrected chi connectivity index (χ1v) is 3.90. The van der Waals surface area contributed by atoms with Crippen molar-refractivity contribution in [2.24, 2.45) is 5.73 Å². The van der Waals surface area contributed by atoms with Gasteiger partial charge in [-0.1, -0.05) is 24.3 Å². The highest BCUT2D eigenvalue weighted by Crippen LogP contribution is 2.20. The van der Waals surface area contributed by atoms with Gasteiger partial charge < -0.3 is 5.73 Å². The highest BCUT2D eigenvalue weighted by molar-refractivity contribution is 5.58. The lowest BCUT2D eigenvalue weighted by Gasteiger charge is -2.12. The van der Waals surface area contributed by atoms with E-state index in [1.165, 1.54) is 11.1 Å². The fourth-order valence-electron chi connectivity index (χ4n) is 1.45. The molecule has 0 spiro atoms. The summed E-state index contributed by atoms with van der Waals surface area (Å²) in [5.41, 5.74) is 9.42. The molecule has 0 amide bonds. The number of nitrogens with two attached hydrogens (primary N) is 1. The zero-order chi connectivity index (χ0) is 7.68. The lowest BCUT2D eigenvalue weighted by atomic mass is 9.96. The maximum Gasteiger partial charge on any atom is 0.00899 e. The van der Waals surface area contributed by atoms with Gasteiger partial charge in [-0.15, -0.1) is 0 Å². The van der Waals surface area contributed by atoms with Crippen molar-refractivity contribution in [2.75, 3.05) is 0 Å². The van der Waals surface area contributed by atoms with E-state index in [1.54, 1.807) is 0 Å². The van der Waals surface area contributed by atoms with Gasteiger partial charge in [-0.05, 0) is 30.0 Å². The third-order valence-electron chi connectivity index (χ3n) is 2.08. The van der Waals surface area contributed by atoms with Crippen molar-refractivity contribution in [3.8, 4) is 0 Å². The minimum Gasteiger partial charge on any atom is -0.402 e. The molecular weight excluding hydrogens is 134 g/mol. The SMILES string of the molecule is NC1=Cc2ccccc2CC1. The molecule has 0 radical (unpaired) electrons. The van der Waals surface area contributed by atoms with Crippen LogP contribution in [0.3, 0.4) is 0 Å². The highest BCUT2D eigenvalue weighted by Gasteiger charge is 2.05. The van der Waals surface area contributed by atoms with E-state index in [-0.39, 0.29) is 0 Å². The van der Waals surface area contributed by atoms with Crippen LogP contribution in [-0.2, 0) is 6.42 Å². The van der Waals surface area contributed by atoms with Crippen LogP contribution in [0.25, 0.3) is 6.08 Å². The van der Waals surface area contributed by atoms with Crippen molar-refractivity contribution < 1.29 is 0 Å². The lowest BCUT2D eigenvalue weighted by molar-refractivity contribution is 0.914. The van der Waals surface area contributed by atoms with Gasteiger partial charge >= 0.3 is 0 Å². The summed E-state index contributed by atoms with van der Waals surface area (Å²) >= 11 is 0. The van der Waals surface area contributed by atoms with Crippen molar-refractivity contribution in [1.82, 2.24) is 0 Å². The van der Waals surface area contributed by atoms with E-state index in [1.807, 2.05) is 6.07 Å². The van der Waals surface area contributed by atoms with Crippen LogP contribution in [0.2, 0.25) is 0 Å². The summed E-state index contributed by atoms with van der Waals surface area (Å²) in [7, 11) is 0. The molecule has 0 fully saturated rings. The van der Waals surface area contributed by atoms with Crippen molar-refractivity contribution in [1.29, 1.82) is 0 Å². The predicted octanol–water partition coefficient (Wildman–Crippen LogP) is 1.93. The van der Waals surface area contributed by atoms with Crippen LogP contribution < -0.4 is 5.73 Å². The molecule has 56 valence electrons. The number of allylic oxidation sites excluding steroid dienone is 1. The van der Waals surface area contributed by atoms with Crippen LogP contribution in [0.1, 0.15) is 17.5 Å². The molecule has 0 bridgehead atoms. The maximum atomic E-state index is 5.71. The summed E-state index contributed by atoms with van der Waals surface area (Å²) in [4.78, 5) is 0. The lowest BCUT2D eigenvalue weighted by Crippen LogP contribution is -2.05. The Hall–Kier alpha value is -1.24. The first-order valence-electron chi connectivity index (χ1n) is 3.90. The molecule has 1 aromatic rings. The van der Waals surface area contributed by atoms with Gasteiger partial charge in [-0.25, -0.2) is 0 Å². The summed E-state index contributed by atoms with van der Waals surface area (Å²) < 4.78 is 0. The second-order valence-corrected chi connectivity index (χ2v) is 2.92. The van der Waals surface area contributed by atoms with Crippen molar-refractivity contribution in [3.63, 3.8) is 0 Å². The predicted molar refractivity (Wildman–Crippen MR) is 46.9 cm³/mol. The largest absolute Gasteiger partial charge is 0.402 e. The fourth-order valence-corrected chi connectivity index (χ4v) is 1.45. The molecule has 1 aliphatic carbocycles. The Morgan fingerprint density at radius 3 is 2.82 bits per heavy atom. The number of fused-ring (bicyclic) bond motifs is 1. The highest BCUT2D eigenvalue weighted by atomic mass is 14.6. The summed E-state index contributed by atoms with van der Waals surface area (Å²) in [5.74, 6) is 0. The molecule has 1 aliphatic rings. The average Bonchev–Trinajstić information content (AvgIpc) is 2.04. The molecule has 0 atom stereocenters. The minimum atomic E-state index is 1.00. The molecule has 0 unspecified atom stereocenters. The molecule has 0 heterocycles.